The molecule has 9 heteroatoms. The summed E-state index contributed by atoms with van der Waals surface area (Å²) in [5.74, 6) is -0.507. The molecule has 3 rings (SSSR count). The Balaban J connectivity index is 1.89. The van der Waals surface area contributed by atoms with E-state index in [4.69, 9.17) is 19.0 Å². The third-order valence-corrected chi connectivity index (χ3v) is 3.51. The van der Waals surface area contributed by atoms with E-state index in [1.807, 2.05) is 0 Å². The van der Waals surface area contributed by atoms with Crippen LogP contribution >= 0.6 is 0 Å². The van der Waals surface area contributed by atoms with Crippen molar-refractivity contribution >= 4 is 11.1 Å². The molecular formula is C13H15NO8. The number of aromatic amines is 1. The number of hydrogen-bond acceptors (Lipinski definition) is 8. The molecule has 2 heterocycles. The average Bonchev–Trinajstić information content (AvgIpc) is 2.89. The fourth-order valence-electron chi connectivity index (χ4n) is 2.33. The van der Waals surface area contributed by atoms with Gasteiger partial charge in [-0.3, -0.25) is 4.98 Å². The highest BCUT2D eigenvalue weighted by Gasteiger charge is 2.44. The van der Waals surface area contributed by atoms with Crippen LogP contribution < -0.4 is 10.5 Å². The van der Waals surface area contributed by atoms with E-state index >= 15 is 0 Å². The van der Waals surface area contributed by atoms with Crippen LogP contribution in [0.5, 0.6) is 5.75 Å². The summed E-state index contributed by atoms with van der Waals surface area (Å²) in [6.45, 7) is -0.558. The molecule has 22 heavy (non-hydrogen) atoms. The minimum absolute atomic E-state index is 0.160. The maximum absolute atomic E-state index is 11.2. The van der Waals surface area contributed by atoms with Crippen molar-refractivity contribution < 1.29 is 34.3 Å². The van der Waals surface area contributed by atoms with Gasteiger partial charge < -0.3 is 34.3 Å². The number of oxazole rings is 1. The molecule has 0 bridgehead atoms. The van der Waals surface area contributed by atoms with Crippen LogP contribution in [-0.2, 0) is 4.74 Å². The molecule has 0 unspecified atom stereocenters. The molecule has 1 fully saturated rings. The second kappa shape index (κ2) is 5.71. The van der Waals surface area contributed by atoms with Crippen molar-refractivity contribution in [3.05, 3.63) is 28.7 Å². The van der Waals surface area contributed by atoms with Gasteiger partial charge in [0.25, 0.3) is 0 Å². The number of aliphatic hydroxyl groups excluding tert-OH is 4. The minimum atomic E-state index is -1.54. The van der Waals surface area contributed by atoms with Gasteiger partial charge in [0, 0.05) is 0 Å². The molecule has 5 N–H and O–H groups in total. The Morgan fingerprint density at radius 3 is 2.68 bits per heavy atom. The zero-order valence-electron chi connectivity index (χ0n) is 11.2. The number of ether oxygens (including phenoxy) is 2. The number of hydrogen-bond donors (Lipinski definition) is 5. The molecule has 1 aliphatic heterocycles. The van der Waals surface area contributed by atoms with Crippen molar-refractivity contribution in [1.29, 1.82) is 0 Å². The van der Waals surface area contributed by atoms with E-state index in [2.05, 4.69) is 4.98 Å². The number of aliphatic hydroxyl groups is 4. The van der Waals surface area contributed by atoms with Gasteiger partial charge in [-0.25, -0.2) is 4.79 Å². The third-order valence-electron chi connectivity index (χ3n) is 3.51. The summed E-state index contributed by atoms with van der Waals surface area (Å²) in [5, 5.41) is 38.5. The Kier molecular flexibility index (Phi) is 3.89. The van der Waals surface area contributed by atoms with E-state index < -0.39 is 43.1 Å². The van der Waals surface area contributed by atoms with Crippen LogP contribution in [0.15, 0.2) is 27.4 Å². The Bertz CT molecular complexity index is 707. The summed E-state index contributed by atoms with van der Waals surface area (Å²) in [6.07, 6.45) is -6.96. The van der Waals surface area contributed by atoms with Gasteiger partial charge >= 0.3 is 5.76 Å². The van der Waals surface area contributed by atoms with Crippen molar-refractivity contribution in [2.45, 2.75) is 30.7 Å². The summed E-state index contributed by atoms with van der Waals surface area (Å²) >= 11 is 0. The molecule has 1 aromatic heterocycles. The molecule has 0 saturated carbocycles. The van der Waals surface area contributed by atoms with E-state index in [1.165, 1.54) is 6.07 Å². The lowest BCUT2D eigenvalue weighted by Crippen LogP contribution is -2.60. The largest absolute Gasteiger partial charge is 0.460 e. The first-order valence-corrected chi connectivity index (χ1v) is 6.60. The highest BCUT2D eigenvalue weighted by Crippen LogP contribution is 2.28. The van der Waals surface area contributed by atoms with Gasteiger partial charge in [-0.15, -0.1) is 0 Å². The summed E-state index contributed by atoms with van der Waals surface area (Å²) < 4.78 is 15.6. The zero-order chi connectivity index (χ0) is 15.9. The van der Waals surface area contributed by atoms with Crippen molar-refractivity contribution in [2.75, 3.05) is 6.61 Å². The van der Waals surface area contributed by atoms with Gasteiger partial charge in [0.15, 0.2) is 11.3 Å². The second-order valence-corrected chi connectivity index (χ2v) is 4.96. The first kappa shape index (κ1) is 15.0. The normalized spacial score (nSPS) is 32.3. The van der Waals surface area contributed by atoms with Crippen LogP contribution in [-0.4, -0.2) is 62.7 Å². The number of benzene rings is 1. The molecule has 0 spiro atoms. The fraction of sp³-hybridized carbons (Fsp3) is 0.462. The molecule has 5 atom stereocenters. The SMILES string of the molecule is O=c1[nH]c2c(O[C@@H]3O[C@H](CO)[C@@H](O)[C@H](O)[C@@H]3O)cccc2o1. The summed E-state index contributed by atoms with van der Waals surface area (Å²) in [7, 11) is 0. The van der Waals surface area contributed by atoms with Crippen molar-refractivity contribution in [3.8, 4) is 5.75 Å². The van der Waals surface area contributed by atoms with Gasteiger partial charge in [0.1, 0.15) is 29.9 Å². The molecule has 0 aliphatic carbocycles. The molecule has 1 aliphatic rings. The first-order chi connectivity index (χ1) is 10.5. The lowest BCUT2D eigenvalue weighted by atomic mass is 9.99. The average molecular weight is 313 g/mol. The van der Waals surface area contributed by atoms with Crippen LogP contribution in [0, 0.1) is 0 Å². The maximum Gasteiger partial charge on any atom is 0.417 e. The maximum atomic E-state index is 11.2. The van der Waals surface area contributed by atoms with Gasteiger partial charge in [0.05, 0.1) is 6.61 Å². The van der Waals surface area contributed by atoms with Crippen LogP contribution in [0.3, 0.4) is 0 Å². The van der Waals surface area contributed by atoms with Gasteiger partial charge in [-0.1, -0.05) is 6.07 Å². The summed E-state index contributed by atoms with van der Waals surface area (Å²) in [4.78, 5) is 13.7. The Morgan fingerprint density at radius 2 is 1.95 bits per heavy atom. The molecule has 120 valence electrons. The van der Waals surface area contributed by atoms with E-state index in [0.717, 1.165) is 0 Å². The van der Waals surface area contributed by atoms with E-state index in [9.17, 15) is 20.1 Å². The highest BCUT2D eigenvalue weighted by molar-refractivity contribution is 5.79. The Labute approximate surface area is 123 Å². The number of rotatable bonds is 3. The zero-order valence-corrected chi connectivity index (χ0v) is 11.2. The van der Waals surface area contributed by atoms with Crippen LogP contribution in [0.2, 0.25) is 0 Å². The topological polar surface area (TPSA) is 145 Å². The second-order valence-electron chi connectivity index (χ2n) is 4.96. The number of aromatic nitrogens is 1. The smallest absolute Gasteiger partial charge is 0.417 e. The van der Waals surface area contributed by atoms with Gasteiger partial charge in [-0.05, 0) is 12.1 Å². The van der Waals surface area contributed by atoms with E-state index in [-0.39, 0.29) is 16.8 Å². The van der Waals surface area contributed by atoms with Crippen molar-refractivity contribution in [1.82, 2.24) is 4.98 Å². The van der Waals surface area contributed by atoms with E-state index in [0.29, 0.717) is 0 Å². The molecule has 9 nitrogen and oxygen atoms in total. The lowest BCUT2D eigenvalue weighted by Gasteiger charge is -2.39. The van der Waals surface area contributed by atoms with Crippen LogP contribution in [0.4, 0.5) is 0 Å². The van der Waals surface area contributed by atoms with Crippen molar-refractivity contribution in [3.63, 3.8) is 0 Å². The number of fused-ring (bicyclic) bond motifs is 1. The molecule has 0 amide bonds. The first-order valence-electron chi connectivity index (χ1n) is 6.60. The van der Waals surface area contributed by atoms with Gasteiger partial charge in [0.2, 0.25) is 6.29 Å². The number of nitrogens with one attached hydrogen (secondary N) is 1. The van der Waals surface area contributed by atoms with Crippen LogP contribution in [0.1, 0.15) is 0 Å². The standard InChI is InChI=1S/C13H15NO8/c15-4-7-9(16)10(17)11(18)12(21-7)20-5-2-1-3-6-8(5)14-13(19)22-6/h1-3,7,9-12,15-18H,4H2,(H,14,19)/t7-,9-,10+,11+,12-/m1/s1. The fourth-order valence-corrected chi connectivity index (χ4v) is 2.33. The highest BCUT2D eigenvalue weighted by atomic mass is 16.7. The van der Waals surface area contributed by atoms with Gasteiger partial charge in [-0.2, -0.15) is 0 Å². The minimum Gasteiger partial charge on any atom is -0.460 e. The monoisotopic (exact) mass is 313 g/mol. The molecule has 1 aromatic carbocycles. The van der Waals surface area contributed by atoms with E-state index in [1.54, 1.807) is 12.1 Å². The molecule has 2 aromatic rings. The number of para-hydroxylation sites is 1. The summed E-state index contributed by atoms with van der Waals surface area (Å²) in [5.41, 5.74) is 0.525. The third kappa shape index (κ3) is 2.49. The lowest BCUT2D eigenvalue weighted by molar-refractivity contribution is -0.277. The predicted octanol–water partition coefficient (Wildman–Crippen LogP) is -1.70. The Hall–Kier alpha value is -1.91. The molecular weight excluding hydrogens is 298 g/mol. The number of H-pyrrole nitrogens is 1. The Morgan fingerprint density at radius 1 is 1.18 bits per heavy atom. The molecule has 1 saturated heterocycles. The predicted molar refractivity (Wildman–Crippen MR) is 71.2 cm³/mol. The van der Waals surface area contributed by atoms with Crippen molar-refractivity contribution in [2.24, 2.45) is 0 Å². The summed E-state index contributed by atoms with van der Waals surface area (Å²) in [6, 6.07) is 4.63. The quantitative estimate of drug-likeness (QED) is 0.451. The molecule has 0 radical (unpaired) electrons. The van der Waals surface area contributed by atoms with Crippen LogP contribution in [0.25, 0.3) is 11.1 Å².